The van der Waals surface area contributed by atoms with E-state index in [-0.39, 0.29) is 5.78 Å². The molecule has 2 N–H and O–H groups in total. The van der Waals surface area contributed by atoms with E-state index in [4.69, 9.17) is 17.3 Å². The molecule has 0 aliphatic heterocycles. The van der Waals surface area contributed by atoms with Crippen molar-refractivity contribution in [1.82, 2.24) is 0 Å². The van der Waals surface area contributed by atoms with Gasteiger partial charge >= 0.3 is 0 Å². The summed E-state index contributed by atoms with van der Waals surface area (Å²) >= 11 is 7.38. The van der Waals surface area contributed by atoms with Crippen LogP contribution in [-0.4, -0.2) is 5.78 Å². The molecule has 16 heavy (non-hydrogen) atoms. The summed E-state index contributed by atoms with van der Waals surface area (Å²) in [4.78, 5) is 13.2. The Kier molecular flexibility index (Phi) is 2.99. The number of rotatable bonds is 2. The first-order valence-electron chi connectivity index (χ1n) is 4.74. The molecule has 0 saturated heterocycles. The van der Waals surface area contributed by atoms with Gasteiger partial charge in [-0.3, -0.25) is 4.79 Å². The third-order valence-corrected chi connectivity index (χ3v) is 3.46. The van der Waals surface area contributed by atoms with Gasteiger partial charge in [-0.05, 0) is 25.1 Å². The lowest BCUT2D eigenvalue weighted by Crippen LogP contribution is -2.03. The average Bonchev–Trinajstić information content (AvgIpc) is 2.58. The summed E-state index contributed by atoms with van der Waals surface area (Å²) < 4.78 is 0. The second-order valence-electron chi connectivity index (χ2n) is 3.44. The average molecular weight is 252 g/mol. The smallest absolute Gasteiger partial charge is 0.197 e. The predicted molar refractivity (Wildman–Crippen MR) is 68.4 cm³/mol. The Morgan fingerprint density at radius 1 is 1.31 bits per heavy atom. The van der Waals surface area contributed by atoms with Crippen molar-refractivity contribution < 1.29 is 4.79 Å². The van der Waals surface area contributed by atoms with Crippen molar-refractivity contribution in [3.8, 4) is 0 Å². The summed E-state index contributed by atoms with van der Waals surface area (Å²) in [6.45, 7) is 1.92. The minimum absolute atomic E-state index is 0.118. The van der Waals surface area contributed by atoms with E-state index in [2.05, 4.69) is 0 Å². The number of hydrogen-bond acceptors (Lipinski definition) is 3. The number of hydrogen-bond donors (Lipinski definition) is 1. The number of ketones is 1. The van der Waals surface area contributed by atoms with E-state index in [1.807, 2.05) is 6.92 Å². The van der Waals surface area contributed by atoms with Crippen LogP contribution in [0, 0.1) is 6.92 Å². The van der Waals surface area contributed by atoms with Crippen LogP contribution in [0.5, 0.6) is 0 Å². The Labute approximate surface area is 103 Å². The zero-order valence-electron chi connectivity index (χ0n) is 8.66. The van der Waals surface area contributed by atoms with Gasteiger partial charge in [-0.2, -0.15) is 0 Å². The van der Waals surface area contributed by atoms with E-state index in [9.17, 15) is 4.79 Å². The predicted octanol–water partition coefficient (Wildman–Crippen LogP) is 3.52. The molecule has 0 radical (unpaired) electrons. The Morgan fingerprint density at radius 2 is 2.00 bits per heavy atom. The standard InChI is InChI=1S/C12H10ClNOS/c1-7-6-9(12(14)16-7)11(15)8-4-2-3-5-10(8)13/h2-6H,14H2,1H3. The van der Waals surface area contributed by atoms with Crippen LogP contribution in [0.2, 0.25) is 5.02 Å². The van der Waals surface area contributed by atoms with Gasteiger partial charge in [0.2, 0.25) is 0 Å². The van der Waals surface area contributed by atoms with Gasteiger partial charge in [0.25, 0.3) is 0 Å². The van der Waals surface area contributed by atoms with Gasteiger partial charge in [0, 0.05) is 10.4 Å². The van der Waals surface area contributed by atoms with Crippen molar-refractivity contribution in [3.05, 3.63) is 51.4 Å². The first kappa shape index (κ1) is 11.2. The maximum atomic E-state index is 12.1. The fourth-order valence-corrected chi connectivity index (χ4v) is 2.51. The van der Waals surface area contributed by atoms with E-state index in [0.29, 0.717) is 21.2 Å². The summed E-state index contributed by atoms with van der Waals surface area (Å²) in [6.07, 6.45) is 0. The number of anilines is 1. The van der Waals surface area contributed by atoms with Crippen molar-refractivity contribution in [2.45, 2.75) is 6.92 Å². The maximum absolute atomic E-state index is 12.1. The molecule has 4 heteroatoms. The van der Waals surface area contributed by atoms with Crippen LogP contribution in [0.4, 0.5) is 5.00 Å². The van der Waals surface area contributed by atoms with Gasteiger partial charge in [-0.25, -0.2) is 0 Å². The first-order valence-corrected chi connectivity index (χ1v) is 5.94. The molecule has 1 heterocycles. The van der Waals surface area contributed by atoms with Gasteiger partial charge in [0.1, 0.15) is 0 Å². The second-order valence-corrected chi connectivity index (χ2v) is 5.14. The topological polar surface area (TPSA) is 43.1 Å². The number of nitrogen functional groups attached to an aromatic ring is 1. The lowest BCUT2D eigenvalue weighted by Gasteiger charge is -2.01. The Bertz CT molecular complexity index is 548. The molecule has 2 rings (SSSR count). The van der Waals surface area contributed by atoms with Crippen LogP contribution in [0.3, 0.4) is 0 Å². The van der Waals surface area contributed by atoms with Gasteiger partial charge in [0.15, 0.2) is 5.78 Å². The molecule has 0 saturated carbocycles. The van der Waals surface area contributed by atoms with Crippen LogP contribution >= 0.6 is 22.9 Å². The third kappa shape index (κ3) is 1.96. The lowest BCUT2D eigenvalue weighted by atomic mass is 10.1. The lowest BCUT2D eigenvalue weighted by molar-refractivity contribution is 0.104. The van der Waals surface area contributed by atoms with Crippen LogP contribution in [0.25, 0.3) is 0 Å². The molecule has 0 bridgehead atoms. The van der Waals surface area contributed by atoms with Gasteiger partial charge in [0.05, 0.1) is 15.6 Å². The monoisotopic (exact) mass is 251 g/mol. The highest BCUT2D eigenvalue weighted by molar-refractivity contribution is 7.16. The highest BCUT2D eigenvalue weighted by Gasteiger charge is 2.16. The minimum Gasteiger partial charge on any atom is -0.390 e. The van der Waals surface area contributed by atoms with Crippen molar-refractivity contribution >= 4 is 33.7 Å². The normalized spacial score (nSPS) is 10.4. The first-order chi connectivity index (χ1) is 7.59. The molecule has 0 atom stereocenters. The van der Waals surface area contributed by atoms with Crippen LogP contribution in [-0.2, 0) is 0 Å². The van der Waals surface area contributed by atoms with Gasteiger partial charge < -0.3 is 5.73 Å². The number of aryl methyl sites for hydroxylation is 1. The largest absolute Gasteiger partial charge is 0.390 e. The fourth-order valence-electron chi connectivity index (χ4n) is 1.50. The van der Waals surface area contributed by atoms with E-state index >= 15 is 0 Å². The van der Waals surface area contributed by atoms with Crippen molar-refractivity contribution in [2.75, 3.05) is 5.73 Å². The minimum atomic E-state index is -0.118. The molecule has 0 aliphatic carbocycles. The number of carbonyl (C=O) groups excluding carboxylic acids is 1. The molecule has 1 aromatic heterocycles. The highest BCUT2D eigenvalue weighted by atomic mass is 35.5. The van der Waals surface area contributed by atoms with Crippen LogP contribution in [0.15, 0.2) is 30.3 Å². The molecule has 0 unspecified atom stereocenters. The number of thiophene rings is 1. The molecule has 82 valence electrons. The summed E-state index contributed by atoms with van der Waals surface area (Å²) in [5.41, 5.74) is 6.82. The number of halogens is 1. The molecular formula is C12H10ClNOS. The van der Waals surface area contributed by atoms with Crippen molar-refractivity contribution in [2.24, 2.45) is 0 Å². The van der Waals surface area contributed by atoms with E-state index < -0.39 is 0 Å². The Hall–Kier alpha value is -1.32. The van der Waals surface area contributed by atoms with E-state index in [1.165, 1.54) is 11.3 Å². The van der Waals surface area contributed by atoms with E-state index in [0.717, 1.165) is 4.88 Å². The molecule has 0 aliphatic rings. The van der Waals surface area contributed by atoms with Gasteiger partial charge in [-0.1, -0.05) is 23.7 Å². The second kappa shape index (κ2) is 4.28. The highest BCUT2D eigenvalue weighted by Crippen LogP contribution is 2.28. The molecular weight excluding hydrogens is 242 g/mol. The number of benzene rings is 1. The molecule has 0 spiro atoms. The zero-order valence-corrected chi connectivity index (χ0v) is 10.2. The zero-order chi connectivity index (χ0) is 11.7. The summed E-state index contributed by atoms with van der Waals surface area (Å²) in [6, 6.07) is 8.78. The quantitative estimate of drug-likeness (QED) is 0.830. The van der Waals surface area contributed by atoms with Crippen LogP contribution in [0.1, 0.15) is 20.8 Å². The Morgan fingerprint density at radius 3 is 2.56 bits per heavy atom. The summed E-state index contributed by atoms with van der Waals surface area (Å²) in [5, 5.41) is 0.998. The molecule has 0 fully saturated rings. The number of nitrogens with two attached hydrogens (primary N) is 1. The maximum Gasteiger partial charge on any atom is 0.197 e. The van der Waals surface area contributed by atoms with Crippen LogP contribution < -0.4 is 5.73 Å². The molecule has 0 amide bonds. The number of carbonyl (C=O) groups is 1. The van der Waals surface area contributed by atoms with E-state index in [1.54, 1.807) is 30.3 Å². The fraction of sp³-hybridized carbons (Fsp3) is 0.0833. The Balaban J connectivity index is 2.47. The van der Waals surface area contributed by atoms with Crippen molar-refractivity contribution in [1.29, 1.82) is 0 Å². The molecule has 2 nitrogen and oxygen atoms in total. The van der Waals surface area contributed by atoms with Gasteiger partial charge in [-0.15, -0.1) is 11.3 Å². The summed E-state index contributed by atoms with van der Waals surface area (Å²) in [5.74, 6) is -0.118. The summed E-state index contributed by atoms with van der Waals surface area (Å²) in [7, 11) is 0. The van der Waals surface area contributed by atoms with Crippen molar-refractivity contribution in [3.63, 3.8) is 0 Å². The molecule has 1 aromatic carbocycles. The third-order valence-electron chi connectivity index (χ3n) is 2.25. The SMILES string of the molecule is Cc1cc(C(=O)c2ccccc2Cl)c(N)s1. The molecule has 2 aromatic rings.